The van der Waals surface area contributed by atoms with Crippen LogP contribution in [-0.2, 0) is 21.7 Å². The maximum atomic E-state index is 8.93. The van der Waals surface area contributed by atoms with Gasteiger partial charge in [0.15, 0.2) is 0 Å². The number of hydrogen-bond acceptors (Lipinski definition) is 3. The van der Waals surface area contributed by atoms with E-state index in [4.69, 9.17) is 15.3 Å². The standard InChI is InChI=1S/C17H15.3C2H5O.Ti/c1-2-8-14(9-3-1)17(15-10-4-5-11-15)16-12-6-7-13-16;3*1-2-3;/h1-10,12H,11,13H2;3*2H2,1H3;/q4*-1;+4. The smallest absolute Gasteiger partial charge is 0.855 e. The van der Waals surface area contributed by atoms with E-state index < -0.39 is 0 Å². The van der Waals surface area contributed by atoms with Gasteiger partial charge in [0.1, 0.15) is 0 Å². The monoisotopic (exact) mass is 402 g/mol. The fourth-order valence-corrected chi connectivity index (χ4v) is 2.45. The quantitative estimate of drug-likeness (QED) is 0.576. The second-order valence-corrected chi connectivity index (χ2v) is 5.26. The molecule has 27 heavy (non-hydrogen) atoms. The first-order chi connectivity index (χ1) is 12.7. The molecule has 1 aromatic carbocycles. The second kappa shape index (κ2) is 19.4. The Labute approximate surface area is 179 Å². The zero-order chi connectivity index (χ0) is 19.6. The Bertz CT molecular complexity index is 540. The summed E-state index contributed by atoms with van der Waals surface area (Å²) < 4.78 is 0. The number of allylic oxidation sites excluding steroid dienone is 8. The molecule has 0 N–H and O–H groups in total. The van der Waals surface area contributed by atoms with Crippen LogP contribution in [0.1, 0.15) is 39.2 Å². The van der Waals surface area contributed by atoms with Gasteiger partial charge in [0.2, 0.25) is 0 Å². The second-order valence-electron chi connectivity index (χ2n) is 5.26. The number of benzene rings is 1. The molecule has 144 valence electrons. The fraction of sp³-hybridized carbons (Fsp3) is 0.348. The average molecular weight is 402 g/mol. The predicted molar refractivity (Wildman–Crippen MR) is 104 cm³/mol. The van der Waals surface area contributed by atoms with Crippen LogP contribution in [0.15, 0.2) is 77.9 Å². The molecule has 2 aliphatic carbocycles. The van der Waals surface area contributed by atoms with Crippen molar-refractivity contribution in [1.29, 1.82) is 0 Å². The Morgan fingerprint density at radius 1 is 0.741 bits per heavy atom. The van der Waals surface area contributed by atoms with Gasteiger partial charge in [-0.25, -0.2) is 0 Å². The van der Waals surface area contributed by atoms with Crippen LogP contribution in [0.25, 0.3) is 0 Å². The van der Waals surface area contributed by atoms with E-state index in [1.165, 1.54) is 22.6 Å². The molecule has 0 amide bonds. The molecule has 0 saturated heterocycles. The summed E-state index contributed by atoms with van der Waals surface area (Å²) in [6.45, 7) is 4.71. The van der Waals surface area contributed by atoms with Crippen LogP contribution in [0.3, 0.4) is 0 Å². The average Bonchev–Trinajstić information content (AvgIpc) is 3.33. The fourth-order valence-electron chi connectivity index (χ4n) is 2.45. The molecule has 0 fully saturated rings. The largest absolute Gasteiger partial charge is 4.00 e. The van der Waals surface area contributed by atoms with E-state index in [2.05, 4.69) is 66.8 Å². The molecule has 0 heterocycles. The Balaban J connectivity index is 0. The van der Waals surface area contributed by atoms with Crippen molar-refractivity contribution >= 4 is 0 Å². The number of hydrogen-bond donors (Lipinski definition) is 0. The van der Waals surface area contributed by atoms with Crippen LogP contribution in [0.5, 0.6) is 0 Å². The van der Waals surface area contributed by atoms with Gasteiger partial charge < -0.3 is 15.3 Å². The van der Waals surface area contributed by atoms with Crippen molar-refractivity contribution in [3.8, 4) is 0 Å². The maximum absolute atomic E-state index is 8.93. The summed E-state index contributed by atoms with van der Waals surface area (Å²) in [6.07, 6.45) is 15.3. The molecular weight excluding hydrogens is 372 g/mol. The Morgan fingerprint density at radius 3 is 1.41 bits per heavy atom. The summed E-state index contributed by atoms with van der Waals surface area (Å²) in [6, 6.07) is 10.7. The summed E-state index contributed by atoms with van der Waals surface area (Å²) >= 11 is 0. The van der Waals surface area contributed by atoms with E-state index in [1.807, 2.05) is 0 Å². The molecular formula is C23H30O3Ti. The molecule has 0 saturated carbocycles. The number of rotatable bonds is 3. The van der Waals surface area contributed by atoms with E-state index in [0.717, 1.165) is 12.8 Å². The summed E-state index contributed by atoms with van der Waals surface area (Å²) in [4.78, 5) is 0. The summed E-state index contributed by atoms with van der Waals surface area (Å²) in [5.74, 6) is 1.42. The molecule has 2 aliphatic rings. The first-order valence-corrected chi connectivity index (χ1v) is 9.08. The van der Waals surface area contributed by atoms with Gasteiger partial charge in [-0.2, -0.15) is 0 Å². The molecule has 1 aromatic rings. The summed E-state index contributed by atoms with van der Waals surface area (Å²) in [7, 11) is 0. The summed E-state index contributed by atoms with van der Waals surface area (Å²) in [5.41, 5.74) is 4.20. The van der Waals surface area contributed by atoms with Crippen molar-refractivity contribution in [2.75, 3.05) is 19.8 Å². The minimum Gasteiger partial charge on any atom is -0.855 e. The Morgan fingerprint density at radius 2 is 1.11 bits per heavy atom. The summed E-state index contributed by atoms with van der Waals surface area (Å²) in [5, 5.41) is 26.8. The maximum Gasteiger partial charge on any atom is 4.00 e. The van der Waals surface area contributed by atoms with Crippen molar-refractivity contribution in [2.45, 2.75) is 33.6 Å². The van der Waals surface area contributed by atoms with Gasteiger partial charge in [-0.3, -0.25) is 0 Å². The van der Waals surface area contributed by atoms with Crippen LogP contribution >= 0.6 is 0 Å². The van der Waals surface area contributed by atoms with E-state index in [0.29, 0.717) is 0 Å². The van der Waals surface area contributed by atoms with E-state index >= 15 is 0 Å². The molecule has 0 radical (unpaired) electrons. The normalized spacial score (nSPS) is 12.8. The predicted octanol–water partition coefficient (Wildman–Crippen LogP) is 2.48. The van der Waals surface area contributed by atoms with E-state index in [1.54, 1.807) is 20.8 Å². The van der Waals surface area contributed by atoms with Gasteiger partial charge in [-0.15, -0.1) is 60.8 Å². The van der Waals surface area contributed by atoms with Crippen LogP contribution < -0.4 is 15.3 Å². The molecule has 0 spiro atoms. The molecule has 0 unspecified atom stereocenters. The molecule has 3 rings (SSSR count). The van der Waals surface area contributed by atoms with Crippen molar-refractivity contribution in [3.05, 3.63) is 89.4 Å². The van der Waals surface area contributed by atoms with Gasteiger partial charge in [0.25, 0.3) is 0 Å². The first-order valence-electron chi connectivity index (χ1n) is 9.08. The Hall–Kier alpha value is -1.36. The third kappa shape index (κ3) is 11.9. The zero-order valence-electron chi connectivity index (χ0n) is 16.6. The molecule has 0 aromatic heterocycles. The van der Waals surface area contributed by atoms with Crippen molar-refractivity contribution < 1.29 is 37.0 Å². The van der Waals surface area contributed by atoms with Crippen molar-refractivity contribution in [3.63, 3.8) is 0 Å². The zero-order valence-corrected chi connectivity index (χ0v) is 18.2. The van der Waals surface area contributed by atoms with Crippen LogP contribution in [0.2, 0.25) is 0 Å². The Kier molecular flexibility index (Phi) is 20.0. The topological polar surface area (TPSA) is 69.2 Å². The van der Waals surface area contributed by atoms with E-state index in [-0.39, 0.29) is 41.5 Å². The van der Waals surface area contributed by atoms with Crippen LogP contribution in [0, 0.1) is 5.92 Å². The first kappa shape index (κ1) is 27.9. The van der Waals surface area contributed by atoms with Crippen LogP contribution in [-0.4, -0.2) is 19.8 Å². The van der Waals surface area contributed by atoms with Gasteiger partial charge in [-0.05, 0) is 12.8 Å². The van der Waals surface area contributed by atoms with Crippen molar-refractivity contribution in [2.24, 2.45) is 0 Å². The van der Waals surface area contributed by atoms with Gasteiger partial charge in [0.05, 0.1) is 0 Å². The molecule has 0 bridgehead atoms. The third-order valence-corrected chi connectivity index (χ3v) is 3.25. The third-order valence-electron chi connectivity index (χ3n) is 3.25. The minimum atomic E-state index is 0. The molecule has 0 aliphatic heterocycles. The van der Waals surface area contributed by atoms with E-state index in [9.17, 15) is 0 Å². The van der Waals surface area contributed by atoms with Gasteiger partial charge >= 0.3 is 21.7 Å². The van der Waals surface area contributed by atoms with Crippen molar-refractivity contribution in [1.82, 2.24) is 0 Å². The SMILES string of the molecule is C1=CCC([C-](C2=CC=CC2)c2ccccc2)=C1.CC[O-].CC[O-].CC[O-].[Ti+4]. The van der Waals surface area contributed by atoms with Gasteiger partial charge in [0, 0.05) is 0 Å². The van der Waals surface area contributed by atoms with Crippen LogP contribution in [0.4, 0.5) is 0 Å². The minimum absolute atomic E-state index is 0. The molecule has 0 atom stereocenters. The molecule has 4 heteroatoms. The molecule has 3 nitrogen and oxygen atoms in total. The van der Waals surface area contributed by atoms with Gasteiger partial charge in [-0.1, -0.05) is 69.2 Å².